The zero-order valence-electron chi connectivity index (χ0n) is 13.7. The fraction of sp³-hybridized carbons (Fsp3) is 0.412. The molecule has 0 aromatic carbocycles. The number of rotatable bonds is 2. The number of imidazole rings is 1. The van der Waals surface area contributed by atoms with Gasteiger partial charge in [-0.05, 0) is 12.1 Å². The molecule has 8 heteroatoms. The summed E-state index contributed by atoms with van der Waals surface area (Å²) in [6.45, 7) is 4.39. The lowest BCUT2D eigenvalue weighted by Gasteiger charge is -2.22. The molecule has 2 aliphatic heterocycles. The Morgan fingerprint density at radius 1 is 1.36 bits per heavy atom. The molecule has 0 amide bonds. The first-order chi connectivity index (χ1) is 12.2. The number of nitriles is 1. The highest BCUT2D eigenvalue weighted by Gasteiger charge is 2.56. The molecule has 2 saturated heterocycles. The normalized spacial score (nSPS) is 25.4. The Labute approximate surface area is 143 Å². The summed E-state index contributed by atoms with van der Waals surface area (Å²) < 4.78 is 13.3. The van der Waals surface area contributed by atoms with E-state index in [4.69, 9.17) is 9.15 Å². The quantitative estimate of drug-likeness (QED) is 0.696. The number of hydrogen-bond donors (Lipinski definition) is 0. The van der Waals surface area contributed by atoms with Gasteiger partial charge in [-0.25, -0.2) is 4.98 Å². The van der Waals surface area contributed by atoms with Crippen LogP contribution in [0.4, 0.5) is 5.82 Å². The van der Waals surface area contributed by atoms with E-state index < -0.39 is 0 Å². The van der Waals surface area contributed by atoms with Gasteiger partial charge in [-0.3, -0.25) is 4.40 Å². The van der Waals surface area contributed by atoms with Crippen molar-refractivity contribution in [3.05, 3.63) is 41.9 Å². The third-order valence-electron chi connectivity index (χ3n) is 5.24. The molecule has 2 atom stereocenters. The fourth-order valence-electron chi connectivity index (χ4n) is 4.00. The van der Waals surface area contributed by atoms with E-state index in [-0.39, 0.29) is 11.3 Å². The Morgan fingerprint density at radius 2 is 2.28 bits per heavy atom. The maximum absolute atomic E-state index is 9.65. The molecule has 0 spiro atoms. The van der Waals surface area contributed by atoms with E-state index in [0.29, 0.717) is 43.1 Å². The first-order valence-electron chi connectivity index (χ1n) is 8.22. The van der Waals surface area contributed by atoms with E-state index in [2.05, 4.69) is 26.2 Å². The Kier molecular flexibility index (Phi) is 2.91. The molecular weight excluding hydrogens is 320 g/mol. The number of pyridine rings is 1. The fourth-order valence-corrected chi connectivity index (χ4v) is 4.00. The van der Waals surface area contributed by atoms with Crippen LogP contribution >= 0.6 is 0 Å². The van der Waals surface area contributed by atoms with Crippen LogP contribution < -0.4 is 4.90 Å². The van der Waals surface area contributed by atoms with Gasteiger partial charge >= 0.3 is 0 Å². The second-order valence-electron chi connectivity index (χ2n) is 6.70. The Morgan fingerprint density at radius 3 is 3.08 bits per heavy atom. The largest absolute Gasteiger partial charge is 0.425 e. The van der Waals surface area contributed by atoms with Crippen molar-refractivity contribution in [3.63, 3.8) is 0 Å². The first kappa shape index (κ1) is 14.4. The van der Waals surface area contributed by atoms with Crippen molar-refractivity contribution in [3.8, 4) is 6.07 Å². The number of ether oxygens (including phenoxy) is 1. The summed E-state index contributed by atoms with van der Waals surface area (Å²) in [4.78, 5) is 6.83. The minimum absolute atomic E-state index is 0.240. The summed E-state index contributed by atoms with van der Waals surface area (Å²) in [5, 5.41) is 17.9. The van der Waals surface area contributed by atoms with E-state index in [1.165, 1.54) is 0 Å². The second-order valence-corrected chi connectivity index (χ2v) is 6.70. The molecule has 5 heterocycles. The van der Waals surface area contributed by atoms with Crippen LogP contribution in [0.25, 0.3) is 5.65 Å². The highest BCUT2D eigenvalue weighted by atomic mass is 16.5. The Hall–Kier alpha value is -2.92. The van der Waals surface area contributed by atoms with Crippen LogP contribution in [0.2, 0.25) is 0 Å². The number of fused-ring (bicyclic) bond motifs is 2. The number of aromatic nitrogens is 4. The lowest BCUT2D eigenvalue weighted by atomic mass is 9.81. The maximum atomic E-state index is 9.65. The molecule has 2 fully saturated rings. The summed E-state index contributed by atoms with van der Waals surface area (Å²) >= 11 is 0. The molecule has 126 valence electrons. The lowest BCUT2D eigenvalue weighted by molar-refractivity contribution is 0.166. The van der Waals surface area contributed by atoms with Crippen LogP contribution in [0.3, 0.4) is 0 Å². The summed E-state index contributed by atoms with van der Waals surface area (Å²) in [7, 11) is 0. The van der Waals surface area contributed by atoms with Crippen molar-refractivity contribution in [1.82, 2.24) is 19.6 Å². The van der Waals surface area contributed by atoms with Crippen molar-refractivity contribution in [2.45, 2.75) is 12.3 Å². The SMILES string of the molecule is Cc1nnc([C@@]23COC[C@@H]2CN(c2nc4ccccn4c2C#N)C3)o1. The minimum Gasteiger partial charge on any atom is -0.425 e. The van der Waals surface area contributed by atoms with Crippen LogP contribution in [0.5, 0.6) is 0 Å². The smallest absolute Gasteiger partial charge is 0.227 e. The zero-order chi connectivity index (χ0) is 17.0. The highest BCUT2D eigenvalue weighted by molar-refractivity contribution is 5.61. The molecule has 0 saturated carbocycles. The zero-order valence-corrected chi connectivity index (χ0v) is 13.7. The standard InChI is InChI=1S/C17H16N6O2/c1-11-20-21-16(25-11)17-9-22(7-12(17)8-24-10-17)15-13(6-18)23-5-3-2-4-14(23)19-15/h2-5,12H,7-10H2,1H3/t12-,17-/m0/s1. The molecule has 0 radical (unpaired) electrons. The Bertz CT molecular complexity index is 1000. The van der Waals surface area contributed by atoms with Gasteiger partial charge in [-0.1, -0.05) is 6.07 Å². The molecule has 25 heavy (non-hydrogen) atoms. The monoisotopic (exact) mass is 336 g/mol. The average molecular weight is 336 g/mol. The van der Waals surface area contributed by atoms with E-state index >= 15 is 0 Å². The number of anilines is 1. The summed E-state index contributed by atoms with van der Waals surface area (Å²) in [6.07, 6.45) is 1.86. The highest BCUT2D eigenvalue weighted by Crippen LogP contribution is 2.45. The van der Waals surface area contributed by atoms with Crippen LogP contribution in [0, 0.1) is 24.2 Å². The molecule has 5 rings (SSSR count). The number of nitrogens with zero attached hydrogens (tertiary/aromatic N) is 6. The molecule has 8 nitrogen and oxygen atoms in total. The third kappa shape index (κ3) is 1.93. The van der Waals surface area contributed by atoms with Gasteiger partial charge in [0.15, 0.2) is 11.5 Å². The summed E-state index contributed by atoms with van der Waals surface area (Å²) in [5.74, 6) is 2.12. The minimum atomic E-state index is -0.330. The topological polar surface area (TPSA) is 92.5 Å². The molecule has 0 unspecified atom stereocenters. The van der Waals surface area contributed by atoms with Crippen LogP contribution in [-0.4, -0.2) is 45.9 Å². The van der Waals surface area contributed by atoms with Gasteiger partial charge < -0.3 is 14.1 Å². The lowest BCUT2D eigenvalue weighted by Crippen LogP contribution is -2.36. The molecule has 0 bridgehead atoms. The molecular formula is C17H16N6O2. The van der Waals surface area contributed by atoms with Crippen LogP contribution in [-0.2, 0) is 10.2 Å². The van der Waals surface area contributed by atoms with E-state index in [9.17, 15) is 5.26 Å². The summed E-state index contributed by atoms with van der Waals surface area (Å²) in [6, 6.07) is 8.01. The predicted octanol–water partition coefficient (Wildman–Crippen LogP) is 1.30. The maximum Gasteiger partial charge on any atom is 0.227 e. The third-order valence-corrected chi connectivity index (χ3v) is 5.24. The molecule has 2 aliphatic rings. The predicted molar refractivity (Wildman–Crippen MR) is 87.1 cm³/mol. The molecule has 3 aromatic rings. The van der Waals surface area contributed by atoms with Crippen molar-refractivity contribution in [1.29, 1.82) is 5.26 Å². The van der Waals surface area contributed by atoms with Crippen molar-refractivity contribution >= 4 is 11.5 Å². The molecule has 0 N–H and O–H groups in total. The van der Waals surface area contributed by atoms with Crippen LogP contribution in [0.15, 0.2) is 28.8 Å². The van der Waals surface area contributed by atoms with Crippen molar-refractivity contribution in [2.24, 2.45) is 5.92 Å². The Balaban J connectivity index is 1.59. The van der Waals surface area contributed by atoms with Gasteiger partial charge in [0.2, 0.25) is 11.8 Å². The van der Waals surface area contributed by atoms with E-state index in [1.807, 2.05) is 28.8 Å². The van der Waals surface area contributed by atoms with Gasteiger partial charge in [0.1, 0.15) is 11.7 Å². The van der Waals surface area contributed by atoms with Gasteiger partial charge in [0.05, 0.1) is 18.6 Å². The van der Waals surface area contributed by atoms with Gasteiger partial charge in [-0.2, -0.15) is 5.26 Å². The van der Waals surface area contributed by atoms with Crippen molar-refractivity contribution in [2.75, 3.05) is 31.2 Å². The van der Waals surface area contributed by atoms with Gasteiger partial charge in [0.25, 0.3) is 0 Å². The van der Waals surface area contributed by atoms with Gasteiger partial charge in [-0.15, -0.1) is 10.2 Å². The second kappa shape index (κ2) is 5.04. The average Bonchev–Trinajstić information content (AvgIpc) is 3.34. The van der Waals surface area contributed by atoms with Gasteiger partial charge in [0, 0.05) is 32.1 Å². The van der Waals surface area contributed by atoms with E-state index in [1.54, 1.807) is 6.92 Å². The van der Waals surface area contributed by atoms with E-state index in [0.717, 1.165) is 12.2 Å². The number of aryl methyl sites for hydroxylation is 1. The first-order valence-corrected chi connectivity index (χ1v) is 8.22. The summed E-state index contributed by atoms with van der Waals surface area (Å²) in [5.41, 5.74) is 0.988. The molecule has 0 aliphatic carbocycles. The van der Waals surface area contributed by atoms with Crippen LogP contribution in [0.1, 0.15) is 17.5 Å². The molecule has 3 aromatic heterocycles. The van der Waals surface area contributed by atoms with Crippen molar-refractivity contribution < 1.29 is 9.15 Å². The number of hydrogen-bond acceptors (Lipinski definition) is 7.